The molecule has 0 radical (unpaired) electrons. The van der Waals surface area contributed by atoms with Crippen LogP contribution >= 0.6 is 0 Å². The molecule has 0 unspecified atom stereocenters. The van der Waals surface area contributed by atoms with Gasteiger partial charge in [0.1, 0.15) is 5.82 Å². The molecule has 2 aromatic rings. The van der Waals surface area contributed by atoms with Crippen LogP contribution < -0.4 is 4.90 Å². The highest BCUT2D eigenvalue weighted by atomic mass is 16.4. The van der Waals surface area contributed by atoms with Crippen LogP contribution in [-0.4, -0.2) is 55.4 Å². The lowest BCUT2D eigenvalue weighted by atomic mass is 9.86. The van der Waals surface area contributed by atoms with Crippen LogP contribution in [-0.2, 0) is 4.79 Å². The lowest BCUT2D eigenvalue weighted by Crippen LogP contribution is -2.30. The Labute approximate surface area is 171 Å². The lowest BCUT2D eigenvalue weighted by molar-refractivity contribution is -0.134. The van der Waals surface area contributed by atoms with Crippen molar-refractivity contribution in [3.8, 4) is 11.4 Å². The first kappa shape index (κ1) is 21.2. The van der Waals surface area contributed by atoms with E-state index in [0.29, 0.717) is 12.0 Å². The van der Waals surface area contributed by atoms with Gasteiger partial charge in [0.05, 0.1) is 5.56 Å². The van der Waals surface area contributed by atoms with Crippen molar-refractivity contribution in [1.29, 1.82) is 0 Å². The highest BCUT2D eigenvalue weighted by Gasteiger charge is 2.24. The van der Waals surface area contributed by atoms with Crippen molar-refractivity contribution in [2.45, 2.75) is 57.9 Å². The van der Waals surface area contributed by atoms with Crippen LogP contribution in [0.3, 0.4) is 0 Å². The van der Waals surface area contributed by atoms with Crippen molar-refractivity contribution < 1.29 is 15.0 Å². The SMILES string of the molecule is CC(=O)O.OC[C@@H]1CCC[C@@H](n2ccnc2-c2cnc(N3CCCCC3)nc2)C1. The molecule has 0 aromatic carbocycles. The van der Waals surface area contributed by atoms with Gasteiger partial charge in [-0.25, -0.2) is 15.0 Å². The zero-order valence-electron chi connectivity index (χ0n) is 17.1. The van der Waals surface area contributed by atoms with E-state index < -0.39 is 5.97 Å². The Bertz CT molecular complexity index is 767. The fourth-order valence-corrected chi connectivity index (χ4v) is 4.21. The fraction of sp³-hybridized carbons (Fsp3) is 0.619. The normalized spacial score (nSPS) is 21.9. The molecule has 0 spiro atoms. The van der Waals surface area contributed by atoms with Gasteiger partial charge < -0.3 is 19.7 Å². The Morgan fingerprint density at radius 2 is 1.79 bits per heavy atom. The van der Waals surface area contributed by atoms with E-state index in [1.807, 2.05) is 18.6 Å². The molecule has 0 amide bonds. The molecule has 8 nitrogen and oxygen atoms in total. The summed E-state index contributed by atoms with van der Waals surface area (Å²) in [6.07, 6.45) is 15.9. The molecule has 0 bridgehead atoms. The number of imidazole rings is 1. The number of aliphatic carboxylic acids is 1. The molecule has 3 heterocycles. The number of hydrogen-bond donors (Lipinski definition) is 2. The number of carboxylic acids is 1. The maximum atomic E-state index is 9.50. The number of nitrogens with zero attached hydrogens (tertiary/aromatic N) is 5. The molecule has 2 fully saturated rings. The van der Waals surface area contributed by atoms with Gasteiger partial charge in [-0.3, -0.25) is 4.79 Å². The summed E-state index contributed by atoms with van der Waals surface area (Å²) in [4.78, 5) is 25.0. The van der Waals surface area contributed by atoms with Crippen molar-refractivity contribution in [2.24, 2.45) is 5.92 Å². The number of aliphatic hydroxyl groups excluding tert-OH is 1. The van der Waals surface area contributed by atoms with Gasteiger partial charge in [-0.1, -0.05) is 6.42 Å². The molecule has 2 aromatic heterocycles. The Morgan fingerprint density at radius 3 is 2.45 bits per heavy atom. The number of carboxylic acid groups (broad SMARTS) is 1. The van der Waals surface area contributed by atoms with Crippen molar-refractivity contribution in [3.05, 3.63) is 24.8 Å². The van der Waals surface area contributed by atoms with Crippen LogP contribution in [0.1, 0.15) is 57.9 Å². The summed E-state index contributed by atoms with van der Waals surface area (Å²) in [5.41, 5.74) is 0.969. The van der Waals surface area contributed by atoms with Crippen LogP contribution in [0.2, 0.25) is 0 Å². The smallest absolute Gasteiger partial charge is 0.300 e. The number of carbonyl (C=O) groups is 1. The summed E-state index contributed by atoms with van der Waals surface area (Å²) in [7, 11) is 0. The second-order valence-electron chi connectivity index (χ2n) is 7.87. The fourth-order valence-electron chi connectivity index (χ4n) is 4.21. The highest BCUT2D eigenvalue weighted by Crippen LogP contribution is 2.34. The van der Waals surface area contributed by atoms with Crippen LogP contribution in [0.5, 0.6) is 0 Å². The molecule has 29 heavy (non-hydrogen) atoms. The minimum absolute atomic E-state index is 0.286. The second-order valence-corrected chi connectivity index (χ2v) is 7.87. The van der Waals surface area contributed by atoms with Crippen LogP contribution in [0.25, 0.3) is 11.4 Å². The van der Waals surface area contributed by atoms with Gasteiger partial charge in [-0.05, 0) is 44.4 Å². The molecule has 1 aliphatic heterocycles. The maximum absolute atomic E-state index is 9.50. The number of hydrogen-bond acceptors (Lipinski definition) is 6. The molecular formula is C21H31N5O3. The van der Waals surface area contributed by atoms with Crippen LogP contribution in [0, 0.1) is 5.92 Å². The van der Waals surface area contributed by atoms with E-state index in [1.54, 1.807) is 0 Å². The number of anilines is 1. The predicted molar refractivity (Wildman–Crippen MR) is 111 cm³/mol. The van der Waals surface area contributed by atoms with Gasteiger partial charge in [0.2, 0.25) is 5.95 Å². The molecule has 2 N–H and O–H groups in total. The van der Waals surface area contributed by atoms with Gasteiger partial charge in [0, 0.05) is 57.4 Å². The topological polar surface area (TPSA) is 104 Å². The monoisotopic (exact) mass is 401 g/mol. The van der Waals surface area contributed by atoms with Gasteiger partial charge in [0.15, 0.2) is 0 Å². The molecule has 8 heteroatoms. The van der Waals surface area contributed by atoms with Crippen LogP contribution in [0.4, 0.5) is 5.95 Å². The quantitative estimate of drug-likeness (QED) is 0.811. The third kappa shape index (κ3) is 5.76. The van der Waals surface area contributed by atoms with Crippen molar-refractivity contribution >= 4 is 11.9 Å². The minimum atomic E-state index is -0.833. The molecule has 1 aliphatic carbocycles. The van der Waals surface area contributed by atoms with Gasteiger partial charge >= 0.3 is 0 Å². The minimum Gasteiger partial charge on any atom is -0.481 e. The van der Waals surface area contributed by atoms with E-state index in [-0.39, 0.29) is 6.61 Å². The second kappa shape index (κ2) is 10.3. The molecule has 4 rings (SSSR count). The molecule has 2 atom stereocenters. The Kier molecular flexibility index (Phi) is 7.57. The van der Waals surface area contributed by atoms with E-state index in [4.69, 9.17) is 9.90 Å². The van der Waals surface area contributed by atoms with Gasteiger partial charge in [0.25, 0.3) is 5.97 Å². The number of piperidine rings is 1. The average Bonchev–Trinajstić information content (AvgIpc) is 3.24. The van der Waals surface area contributed by atoms with E-state index in [0.717, 1.165) is 63.0 Å². The van der Waals surface area contributed by atoms with Gasteiger partial charge in [-0.15, -0.1) is 0 Å². The van der Waals surface area contributed by atoms with E-state index in [1.165, 1.54) is 19.3 Å². The summed E-state index contributed by atoms with van der Waals surface area (Å²) < 4.78 is 2.25. The Morgan fingerprint density at radius 1 is 1.10 bits per heavy atom. The third-order valence-corrected chi connectivity index (χ3v) is 5.61. The summed E-state index contributed by atoms with van der Waals surface area (Å²) in [6, 6.07) is 0.408. The van der Waals surface area contributed by atoms with E-state index in [9.17, 15) is 5.11 Å². The summed E-state index contributed by atoms with van der Waals surface area (Å²) in [5.74, 6) is 1.35. The average molecular weight is 402 g/mol. The third-order valence-electron chi connectivity index (χ3n) is 5.61. The highest BCUT2D eigenvalue weighted by molar-refractivity contribution is 5.63. The number of aliphatic hydroxyl groups is 1. The molecule has 158 valence electrons. The first-order valence-electron chi connectivity index (χ1n) is 10.5. The molecular weight excluding hydrogens is 370 g/mol. The van der Waals surface area contributed by atoms with E-state index in [2.05, 4.69) is 30.6 Å². The molecule has 1 saturated carbocycles. The number of rotatable bonds is 4. The lowest BCUT2D eigenvalue weighted by Gasteiger charge is -2.30. The summed E-state index contributed by atoms with van der Waals surface area (Å²) in [5, 5.41) is 16.9. The summed E-state index contributed by atoms with van der Waals surface area (Å²) in [6.45, 7) is 3.48. The predicted octanol–water partition coefficient (Wildman–Crippen LogP) is 3.14. The Hall–Kier alpha value is -2.48. The Balaban J connectivity index is 0.000000552. The standard InChI is InChI=1S/C19H27N5O.C2H4O2/c25-14-15-5-4-6-17(11-15)24-10-7-20-18(24)16-12-21-19(22-13-16)23-8-2-1-3-9-23;1-2(3)4/h7,10,12-13,15,17,25H,1-6,8-9,11,14H2;1H3,(H,3,4)/t15-,17-;/m1./s1. The summed E-state index contributed by atoms with van der Waals surface area (Å²) >= 11 is 0. The first-order valence-corrected chi connectivity index (χ1v) is 10.5. The zero-order chi connectivity index (χ0) is 20.6. The van der Waals surface area contributed by atoms with Crippen molar-refractivity contribution in [1.82, 2.24) is 19.5 Å². The van der Waals surface area contributed by atoms with Crippen molar-refractivity contribution in [3.63, 3.8) is 0 Å². The van der Waals surface area contributed by atoms with Crippen LogP contribution in [0.15, 0.2) is 24.8 Å². The zero-order valence-corrected chi connectivity index (χ0v) is 17.1. The largest absolute Gasteiger partial charge is 0.481 e. The molecule has 1 saturated heterocycles. The molecule has 2 aliphatic rings. The maximum Gasteiger partial charge on any atom is 0.300 e. The van der Waals surface area contributed by atoms with Gasteiger partial charge in [-0.2, -0.15) is 0 Å². The van der Waals surface area contributed by atoms with E-state index >= 15 is 0 Å². The first-order chi connectivity index (χ1) is 14.1. The number of aromatic nitrogens is 4. The van der Waals surface area contributed by atoms with Crippen molar-refractivity contribution in [2.75, 3.05) is 24.6 Å².